The fourth-order valence-corrected chi connectivity index (χ4v) is 5.45. The number of ketones is 1. The van der Waals surface area contributed by atoms with Crippen LogP contribution in [0.3, 0.4) is 0 Å². The molecule has 1 saturated heterocycles. The molecule has 0 aromatic heterocycles. The summed E-state index contributed by atoms with van der Waals surface area (Å²) in [6, 6.07) is 25.5. The third-order valence-corrected chi connectivity index (χ3v) is 7.98. The van der Waals surface area contributed by atoms with E-state index >= 15 is 0 Å². The zero-order valence-electron chi connectivity index (χ0n) is 23.4. The predicted molar refractivity (Wildman–Crippen MR) is 157 cm³/mol. The molecule has 0 radical (unpaired) electrons. The first-order valence-corrected chi connectivity index (χ1v) is 14.1. The van der Waals surface area contributed by atoms with Gasteiger partial charge < -0.3 is 10.2 Å². The monoisotopic (exact) mass is 510 g/mol. The van der Waals surface area contributed by atoms with Crippen LogP contribution in [-0.2, 0) is 11.2 Å². The smallest absolute Gasteiger partial charge is 0.226 e. The van der Waals surface area contributed by atoms with Gasteiger partial charge in [0.1, 0.15) is 0 Å². The van der Waals surface area contributed by atoms with Crippen LogP contribution in [0, 0.1) is 12.8 Å². The minimum absolute atomic E-state index is 0.0286. The third kappa shape index (κ3) is 7.41. The molecule has 0 aliphatic carbocycles. The lowest BCUT2D eigenvalue weighted by atomic mass is 9.86. The average Bonchev–Trinajstić information content (AvgIpc) is 2.93. The fourth-order valence-electron chi connectivity index (χ4n) is 5.45. The average molecular weight is 511 g/mol. The zero-order valence-corrected chi connectivity index (χ0v) is 23.4. The minimum Gasteiger partial charge on any atom is -0.326 e. The molecule has 38 heavy (non-hydrogen) atoms. The van der Waals surface area contributed by atoms with Crippen molar-refractivity contribution >= 4 is 17.4 Å². The molecule has 4 nitrogen and oxygen atoms in total. The van der Waals surface area contributed by atoms with Gasteiger partial charge in [-0.15, -0.1) is 0 Å². The lowest BCUT2D eigenvalue weighted by molar-refractivity contribution is -0.118. The first-order chi connectivity index (χ1) is 18.3. The Balaban J connectivity index is 1.37. The van der Waals surface area contributed by atoms with Gasteiger partial charge in [-0.25, -0.2) is 0 Å². The van der Waals surface area contributed by atoms with Gasteiger partial charge in [-0.1, -0.05) is 74.5 Å². The highest BCUT2D eigenvalue weighted by Crippen LogP contribution is 2.32. The maximum absolute atomic E-state index is 12.3. The highest BCUT2D eigenvalue weighted by Gasteiger charge is 2.23. The van der Waals surface area contributed by atoms with E-state index in [1.807, 2.05) is 26.0 Å². The van der Waals surface area contributed by atoms with Crippen molar-refractivity contribution in [3.8, 4) is 0 Å². The quantitative estimate of drug-likeness (QED) is 0.289. The van der Waals surface area contributed by atoms with E-state index in [0.29, 0.717) is 11.8 Å². The van der Waals surface area contributed by atoms with Crippen LogP contribution in [0.25, 0.3) is 0 Å². The molecule has 1 N–H and O–H groups in total. The Morgan fingerprint density at radius 3 is 2.37 bits per heavy atom. The zero-order chi connectivity index (χ0) is 27.1. The van der Waals surface area contributed by atoms with Crippen LogP contribution in [0.15, 0.2) is 72.8 Å². The number of rotatable bonds is 10. The molecule has 1 amide bonds. The van der Waals surface area contributed by atoms with E-state index in [9.17, 15) is 9.59 Å². The molecule has 0 spiro atoms. The maximum atomic E-state index is 12.3. The molecule has 3 aromatic rings. The second-order valence-corrected chi connectivity index (χ2v) is 11.2. The van der Waals surface area contributed by atoms with Crippen molar-refractivity contribution in [2.24, 2.45) is 5.92 Å². The maximum Gasteiger partial charge on any atom is 0.226 e. The predicted octanol–water partition coefficient (Wildman–Crippen LogP) is 7.39. The number of anilines is 1. The number of amides is 1. The molecule has 1 fully saturated rings. The van der Waals surface area contributed by atoms with Crippen LogP contribution >= 0.6 is 0 Å². The largest absolute Gasteiger partial charge is 0.326 e. The van der Waals surface area contributed by atoms with Gasteiger partial charge in [0.15, 0.2) is 5.78 Å². The first kappa shape index (κ1) is 27.8. The Hall–Kier alpha value is -3.24. The number of nitrogens with zero attached hydrogens (tertiary/aromatic N) is 1. The van der Waals surface area contributed by atoms with Crippen molar-refractivity contribution in [3.63, 3.8) is 0 Å². The Kier molecular flexibility index (Phi) is 9.52. The molecule has 0 bridgehead atoms. The molecule has 1 aliphatic rings. The van der Waals surface area contributed by atoms with E-state index in [1.165, 1.54) is 16.7 Å². The van der Waals surface area contributed by atoms with Gasteiger partial charge in [-0.05, 0) is 105 Å². The summed E-state index contributed by atoms with van der Waals surface area (Å²) in [6.07, 6.45) is 4.30. The second-order valence-electron chi connectivity index (χ2n) is 11.2. The lowest BCUT2D eigenvalue weighted by Gasteiger charge is -2.33. The normalized spacial score (nSPS) is 15.4. The van der Waals surface area contributed by atoms with Crippen molar-refractivity contribution in [2.45, 2.75) is 65.2 Å². The summed E-state index contributed by atoms with van der Waals surface area (Å²) in [5.41, 5.74) is 6.78. The molecule has 1 aliphatic heterocycles. The van der Waals surface area contributed by atoms with Gasteiger partial charge in [-0.3, -0.25) is 9.59 Å². The SMILES string of the molecule is CC(=O)c1cccc(C[C@@H](CCN2CCC(c3ccc(C)c(NC(=O)C(C)C)c3)CC2)c2ccccc2)c1. The second kappa shape index (κ2) is 13.0. The highest BCUT2D eigenvalue weighted by atomic mass is 16.1. The van der Waals surface area contributed by atoms with E-state index in [0.717, 1.165) is 62.1 Å². The Morgan fingerprint density at radius 1 is 0.947 bits per heavy atom. The topological polar surface area (TPSA) is 49.4 Å². The summed E-state index contributed by atoms with van der Waals surface area (Å²) in [6.45, 7) is 10.8. The molecule has 1 heterocycles. The Labute approximate surface area is 228 Å². The van der Waals surface area contributed by atoms with E-state index in [2.05, 4.69) is 77.8 Å². The molecule has 200 valence electrons. The molecule has 0 saturated carbocycles. The molecule has 0 unspecified atom stereocenters. The van der Waals surface area contributed by atoms with Crippen molar-refractivity contribution in [1.82, 2.24) is 4.90 Å². The summed E-state index contributed by atoms with van der Waals surface area (Å²) in [5.74, 6) is 1.11. The Bertz CT molecular complexity index is 1230. The number of nitrogens with one attached hydrogen (secondary N) is 1. The number of hydrogen-bond donors (Lipinski definition) is 1. The van der Waals surface area contributed by atoms with Gasteiger partial charge >= 0.3 is 0 Å². The number of aryl methyl sites for hydroxylation is 1. The number of Topliss-reactive ketones (excluding diaryl/α,β-unsaturated/α-hetero) is 1. The minimum atomic E-state index is -0.0286. The first-order valence-electron chi connectivity index (χ1n) is 14.1. The molecule has 1 atom stereocenters. The summed E-state index contributed by atoms with van der Waals surface area (Å²) in [5, 5.41) is 3.11. The highest BCUT2D eigenvalue weighted by molar-refractivity contribution is 5.94. The summed E-state index contributed by atoms with van der Waals surface area (Å²) in [4.78, 5) is 26.8. The number of carbonyl (C=O) groups excluding carboxylic acids is 2. The van der Waals surface area contributed by atoms with Crippen LogP contribution in [0.4, 0.5) is 5.69 Å². The van der Waals surface area contributed by atoms with Crippen LogP contribution < -0.4 is 5.32 Å². The fraction of sp³-hybridized carbons (Fsp3) is 0.412. The standard InChI is InChI=1S/C34H42N2O2/c1-24(2)34(38)35-33-23-31(14-13-25(33)3)29-15-18-36(19-16-29)20-17-32(28-10-6-5-7-11-28)22-27-9-8-12-30(21-27)26(4)37/h5-14,21,23-24,29,32H,15-20,22H2,1-4H3,(H,35,38)/t32-/m1/s1. The number of likely N-dealkylation sites (tertiary alicyclic amines) is 1. The van der Waals surface area contributed by atoms with Gasteiger partial charge in [0.2, 0.25) is 5.91 Å². The van der Waals surface area contributed by atoms with Gasteiger partial charge in [0, 0.05) is 17.2 Å². The van der Waals surface area contributed by atoms with Gasteiger partial charge in [0.25, 0.3) is 0 Å². The molecule has 3 aromatic carbocycles. The van der Waals surface area contributed by atoms with E-state index in [1.54, 1.807) is 6.92 Å². The lowest BCUT2D eigenvalue weighted by Crippen LogP contribution is -2.34. The number of hydrogen-bond acceptors (Lipinski definition) is 3. The molecule has 4 heteroatoms. The Morgan fingerprint density at radius 2 is 1.68 bits per heavy atom. The molecular formula is C34H42N2O2. The number of carbonyl (C=O) groups is 2. The van der Waals surface area contributed by atoms with Crippen LogP contribution in [0.5, 0.6) is 0 Å². The molecular weight excluding hydrogens is 468 g/mol. The van der Waals surface area contributed by atoms with Gasteiger partial charge in [0.05, 0.1) is 0 Å². The van der Waals surface area contributed by atoms with E-state index in [4.69, 9.17) is 0 Å². The van der Waals surface area contributed by atoms with Crippen molar-refractivity contribution in [3.05, 3.63) is 101 Å². The number of benzene rings is 3. The summed E-state index contributed by atoms with van der Waals surface area (Å²) in [7, 11) is 0. The van der Waals surface area contributed by atoms with E-state index in [-0.39, 0.29) is 17.6 Å². The van der Waals surface area contributed by atoms with Crippen molar-refractivity contribution < 1.29 is 9.59 Å². The number of piperidine rings is 1. The van der Waals surface area contributed by atoms with Crippen molar-refractivity contribution in [1.29, 1.82) is 0 Å². The molecule has 4 rings (SSSR count). The van der Waals surface area contributed by atoms with E-state index < -0.39 is 0 Å². The third-order valence-electron chi connectivity index (χ3n) is 7.98. The van der Waals surface area contributed by atoms with Crippen LogP contribution in [0.1, 0.15) is 84.5 Å². The van der Waals surface area contributed by atoms with Gasteiger partial charge in [-0.2, -0.15) is 0 Å². The van der Waals surface area contributed by atoms with Crippen LogP contribution in [0.2, 0.25) is 0 Å². The summed E-state index contributed by atoms with van der Waals surface area (Å²) < 4.78 is 0. The van der Waals surface area contributed by atoms with Crippen LogP contribution in [-0.4, -0.2) is 36.2 Å². The summed E-state index contributed by atoms with van der Waals surface area (Å²) >= 11 is 0. The van der Waals surface area contributed by atoms with Crippen molar-refractivity contribution in [2.75, 3.05) is 25.0 Å².